The van der Waals surface area contributed by atoms with Gasteiger partial charge in [0.05, 0.1) is 12.1 Å². The van der Waals surface area contributed by atoms with Crippen molar-refractivity contribution in [2.75, 3.05) is 6.54 Å². The topological polar surface area (TPSA) is 79.3 Å². The third-order valence-corrected chi connectivity index (χ3v) is 4.54. The first kappa shape index (κ1) is 17.6. The second-order valence-electron chi connectivity index (χ2n) is 5.03. The highest BCUT2D eigenvalue weighted by Gasteiger charge is 2.09. The number of aliphatic carboxylic acids is 1. The number of benzene rings is 1. The van der Waals surface area contributed by atoms with Gasteiger partial charge in [-0.1, -0.05) is 28.1 Å². The van der Waals surface area contributed by atoms with E-state index in [4.69, 9.17) is 5.11 Å². The molecular formula is C16H17BrN2O3S. The first-order chi connectivity index (χ1) is 11.0. The molecule has 2 rings (SSSR count). The molecule has 0 atom stereocenters. The van der Waals surface area contributed by atoms with Crippen LogP contribution in [0.4, 0.5) is 0 Å². The minimum atomic E-state index is -0.807. The Kier molecular flexibility index (Phi) is 6.73. The van der Waals surface area contributed by atoms with Gasteiger partial charge in [0.25, 0.3) is 0 Å². The Labute approximate surface area is 146 Å². The summed E-state index contributed by atoms with van der Waals surface area (Å²) < 4.78 is 0.992. The van der Waals surface area contributed by atoms with Gasteiger partial charge in [0.1, 0.15) is 5.01 Å². The minimum absolute atomic E-state index is 0.0913. The summed E-state index contributed by atoms with van der Waals surface area (Å²) in [7, 11) is 0. The second-order valence-corrected chi connectivity index (χ2v) is 6.81. The number of nitrogens with one attached hydrogen (secondary N) is 1. The van der Waals surface area contributed by atoms with Crippen molar-refractivity contribution in [2.24, 2.45) is 0 Å². The number of hydrogen-bond acceptors (Lipinski definition) is 4. The Balaban J connectivity index is 1.80. The van der Waals surface area contributed by atoms with Crippen LogP contribution in [0.5, 0.6) is 0 Å². The monoisotopic (exact) mass is 396 g/mol. The van der Waals surface area contributed by atoms with Gasteiger partial charge in [-0.15, -0.1) is 11.3 Å². The fourth-order valence-corrected chi connectivity index (χ4v) is 3.21. The van der Waals surface area contributed by atoms with Crippen molar-refractivity contribution in [3.8, 4) is 10.6 Å². The third-order valence-electron chi connectivity index (χ3n) is 3.10. The molecule has 1 aromatic carbocycles. The Bertz CT molecular complexity index is 687. The van der Waals surface area contributed by atoms with E-state index in [0.29, 0.717) is 19.4 Å². The average molecular weight is 397 g/mol. The van der Waals surface area contributed by atoms with Crippen molar-refractivity contribution in [2.45, 2.75) is 25.7 Å². The average Bonchev–Trinajstić information content (AvgIpc) is 2.95. The lowest BCUT2D eigenvalue weighted by molar-refractivity contribution is -0.137. The lowest BCUT2D eigenvalue weighted by Crippen LogP contribution is -2.26. The SMILES string of the molecule is O=C(O)CCCCNC(=O)Cc1csc(-c2cccc(Br)c2)n1. The van der Waals surface area contributed by atoms with Crippen LogP contribution in [0.15, 0.2) is 34.1 Å². The third kappa shape index (κ3) is 6.11. The zero-order valence-electron chi connectivity index (χ0n) is 12.4. The molecule has 5 nitrogen and oxygen atoms in total. The van der Waals surface area contributed by atoms with Crippen molar-refractivity contribution in [1.29, 1.82) is 0 Å². The normalized spacial score (nSPS) is 10.5. The summed E-state index contributed by atoms with van der Waals surface area (Å²) in [5.41, 5.74) is 1.76. The summed E-state index contributed by atoms with van der Waals surface area (Å²) >= 11 is 4.94. The number of carboxylic acid groups (broad SMARTS) is 1. The van der Waals surface area contributed by atoms with Gasteiger partial charge in [0.15, 0.2) is 0 Å². The number of nitrogens with zero attached hydrogens (tertiary/aromatic N) is 1. The number of carboxylic acids is 1. The molecule has 23 heavy (non-hydrogen) atoms. The highest BCUT2D eigenvalue weighted by atomic mass is 79.9. The Morgan fingerprint density at radius 2 is 2.13 bits per heavy atom. The maximum Gasteiger partial charge on any atom is 0.303 e. The Morgan fingerprint density at radius 1 is 1.30 bits per heavy atom. The van der Waals surface area contributed by atoms with E-state index in [1.165, 1.54) is 11.3 Å². The first-order valence-corrected chi connectivity index (χ1v) is 8.90. The van der Waals surface area contributed by atoms with Crippen molar-refractivity contribution < 1.29 is 14.7 Å². The summed E-state index contributed by atoms with van der Waals surface area (Å²) in [4.78, 5) is 26.7. The van der Waals surface area contributed by atoms with E-state index in [1.807, 2.05) is 29.6 Å². The van der Waals surface area contributed by atoms with Gasteiger partial charge < -0.3 is 10.4 Å². The number of thiazole rings is 1. The zero-order chi connectivity index (χ0) is 16.7. The molecule has 0 aliphatic carbocycles. The highest BCUT2D eigenvalue weighted by Crippen LogP contribution is 2.26. The molecule has 122 valence electrons. The second kappa shape index (κ2) is 8.79. The standard InChI is InChI=1S/C16H17BrN2O3S/c17-12-5-3-4-11(8-12)16-19-13(10-23-16)9-14(20)18-7-2-1-6-15(21)22/h3-5,8,10H,1-2,6-7,9H2,(H,18,20)(H,21,22). The molecule has 0 aliphatic rings. The highest BCUT2D eigenvalue weighted by molar-refractivity contribution is 9.10. The Morgan fingerprint density at radius 3 is 2.87 bits per heavy atom. The van der Waals surface area contributed by atoms with Crippen molar-refractivity contribution >= 4 is 39.1 Å². The van der Waals surface area contributed by atoms with E-state index in [2.05, 4.69) is 26.2 Å². The molecule has 0 fully saturated rings. The van der Waals surface area contributed by atoms with Gasteiger partial charge in [-0.2, -0.15) is 0 Å². The predicted octanol–water partition coefficient (Wildman–Crippen LogP) is 3.49. The molecular weight excluding hydrogens is 380 g/mol. The number of rotatable bonds is 8. The summed E-state index contributed by atoms with van der Waals surface area (Å²) in [5, 5.41) is 14.1. The molecule has 0 bridgehead atoms. The van der Waals surface area contributed by atoms with E-state index in [0.717, 1.165) is 20.7 Å². The quantitative estimate of drug-likeness (QED) is 0.669. The predicted molar refractivity (Wildman–Crippen MR) is 93.5 cm³/mol. The zero-order valence-corrected chi connectivity index (χ0v) is 14.8. The smallest absolute Gasteiger partial charge is 0.303 e. The number of unbranched alkanes of at least 4 members (excludes halogenated alkanes) is 1. The van der Waals surface area contributed by atoms with Crippen molar-refractivity contribution in [3.05, 3.63) is 39.8 Å². The number of halogens is 1. The van der Waals surface area contributed by atoms with E-state index in [1.54, 1.807) is 0 Å². The van der Waals surface area contributed by atoms with Gasteiger partial charge in [0.2, 0.25) is 5.91 Å². The molecule has 1 aromatic heterocycles. The van der Waals surface area contributed by atoms with Gasteiger partial charge in [-0.3, -0.25) is 9.59 Å². The van der Waals surface area contributed by atoms with Crippen LogP contribution in [-0.2, 0) is 16.0 Å². The largest absolute Gasteiger partial charge is 0.481 e. The molecule has 2 N–H and O–H groups in total. The van der Waals surface area contributed by atoms with Crippen molar-refractivity contribution in [1.82, 2.24) is 10.3 Å². The fraction of sp³-hybridized carbons (Fsp3) is 0.312. The molecule has 0 saturated carbocycles. The molecule has 0 unspecified atom stereocenters. The Hall–Kier alpha value is -1.73. The first-order valence-electron chi connectivity index (χ1n) is 7.23. The number of carbonyl (C=O) groups is 2. The molecule has 7 heteroatoms. The molecule has 0 spiro atoms. The number of carbonyl (C=O) groups excluding carboxylic acids is 1. The summed E-state index contributed by atoms with van der Waals surface area (Å²) in [5.74, 6) is -0.898. The summed E-state index contributed by atoms with van der Waals surface area (Å²) in [6, 6.07) is 7.88. The fourth-order valence-electron chi connectivity index (χ4n) is 2.00. The number of amides is 1. The van der Waals surface area contributed by atoms with Crippen LogP contribution in [0.2, 0.25) is 0 Å². The van der Waals surface area contributed by atoms with Crippen LogP contribution >= 0.6 is 27.3 Å². The van der Waals surface area contributed by atoms with Crippen LogP contribution < -0.4 is 5.32 Å². The molecule has 0 radical (unpaired) electrons. The number of aromatic nitrogens is 1. The molecule has 1 amide bonds. The van der Waals surface area contributed by atoms with Gasteiger partial charge >= 0.3 is 5.97 Å². The van der Waals surface area contributed by atoms with Gasteiger partial charge in [0, 0.05) is 28.4 Å². The van der Waals surface area contributed by atoms with E-state index in [9.17, 15) is 9.59 Å². The van der Waals surface area contributed by atoms with Crippen LogP contribution in [-0.4, -0.2) is 28.5 Å². The summed E-state index contributed by atoms with van der Waals surface area (Å²) in [6.45, 7) is 0.495. The van der Waals surface area contributed by atoms with Crippen LogP contribution in [0.25, 0.3) is 10.6 Å². The number of hydrogen-bond donors (Lipinski definition) is 2. The lowest BCUT2D eigenvalue weighted by atomic mass is 10.2. The summed E-state index contributed by atoms with van der Waals surface area (Å²) in [6.07, 6.45) is 1.61. The lowest BCUT2D eigenvalue weighted by Gasteiger charge is -2.03. The van der Waals surface area contributed by atoms with E-state index in [-0.39, 0.29) is 18.7 Å². The van der Waals surface area contributed by atoms with Gasteiger partial charge in [-0.25, -0.2) is 4.98 Å². The molecule has 0 aliphatic heterocycles. The van der Waals surface area contributed by atoms with Crippen molar-refractivity contribution in [3.63, 3.8) is 0 Å². The van der Waals surface area contributed by atoms with Crippen LogP contribution in [0, 0.1) is 0 Å². The minimum Gasteiger partial charge on any atom is -0.481 e. The van der Waals surface area contributed by atoms with Crippen LogP contribution in [0.1, 0.15) is 25.0 Å². The molecule has 0 saturated heterocycles. The van der Waals surface area contributed by atoms with E-state index >= 15 is 0 Å². The molecule has 1 heterocycles. The van der Waals surface area contributed by atoms with E-state index < -0.39 is 5.97 Å². The maximum atomic E-state index is 11.8. The maximum absolute atomic E-state index is 11.8. The van der Waals surface area contributed by atoms with Gasteiger partial charge in [-0.05, 0) is 25.0 Å². The molecule has 2 aromatic rings. The van der Waals surface area contributed by atoms with Crippen LogP contribution in [0.3, 0.4) is 0 Å².